The number of hydrogen-bond acceptors (Lipinski definition) is 5. The summed E-state index contributed by atoms with van der Waals surface area (Å²) in [4.78, 5) is 23.7. The summed E-state index contributed by atoms with van der Waals surface area (Å²) in [5.74, 6) is -6.56. The zero-order valence-electron chi connectivity index (χ0n) is 19.2. The molecule has 0 radical (unpaired) electrons. The number of anilines is 1. The first-order chi connectivity index (χ1) is 16.8. The van der Waals surface area contributed by atoms with E-state index in [9.17, 15) is 36.3 Å². The molecular formula is C24H24ClF3N2O5S. The molecule has 2 aliphatic rings. The van der Waals surface area contributed by atoms with Crippen molar-refractivity contribution in [2.24, 2.45) is 11.8 Å². The van der Waals surface area contributed by atoms with E-state index in [0.717, 1.165) is 6.07 Å². The van der Waals surface area contributed by atoms with Crippen molar-refractivity contribution in [1.29, 1.82) is 0 Å². The van der Waals surface area contributed by atoms with Gasteiger partial charge in [0.2, 0.25) is 5.91 Å². The van der Waals surface area contributed by atoms with E-state index in [4.69, 9.17) is 11.6 Å². The van der Waals surface area contributed by atoms with E-state index in [1.165, 1.54) is 19.1 Å². The maximum absolute atomic E-state index is 13.7. The Morgan fingerprint density at radius 3 is 2.22 bits per heavy atom. The minimum Gasteiger partial charge on any atom is -0.388 e. The molecule has 2 amide bonds. The Morgan fingerprint density at radius 2 is 1.67 bits per heavy atom. The minimum absolute atomic E-state index is 0.0308. The molecule has 4 rings (SSSR count). The monoisotopic (exact) mass is 544 g/mol. The minimum atomic E-state index is -4.04. The van der Waals surface area contributed by atoms with Gasteiger partial charge in [0, 0.05) is 36.9 Å². The van der Waals surface area contributed by atoms with Crippen molar-refractivity contribution >= 4 is 38.9 Å². The van der Waals surface area contributed by atoms with Crippen LogP contribution < -0.4 is 10.6 Å². The largest absolute Gasteiger partial charge is 0.388 e. The van der Waals surface area contributed by atoms with Gasteiger partial charge in [-0.3, -0.25) is 9.59 Å². The normalized spacial score (nSPS) is 25.4. The van der Waals surface area contributed by atoms with Crippen molar-refractivity contribution in [1.82, 2.24) is 5.32 Å². The van der Waals surface area contributed by atoms with Gasteiger partial charge in [0.05, 0.1) is 20.8 Å². The molecule has 0 heterocycles. The molecule has 3 unspecified atom stereocenters. The van der Waals surface area contributed by atoms with Gasteiger partial charge in [-0.05, 0) is 55.7 Å². The van der Waals surface area contributed by atoms with Crippen molar-refractivity contribution in [3.63, 3.8) is 0 Å². The van der Waals surface area contributed by atoms with Crippen LogP contribution in [-0.2, 0) is 14.6 Å². The predicted molar refractivity (Wildman–Crippen MR) is 126 cm³/mol. The van der Waals surface area contributed by atoms with E-state index < -0.39 is 44.0 Å². The Hall–Kier alpha value is -2.63. The summed E-state index contributed by atoms with van der Waals surface area (Å²) in [7, 11) is -4.04. The quantitative estimate of drug-likeness (QED) is 0.478. The fourth-order valence-electron chi connectivity index (χ4n) is 5.42. The molecule has 12 heteroatoms. The molecule has 0 spiro atoms. The lowest BCUT2D eigenvalue weighted by Crippen LogP contribution is -2.51. The Morgan fingerprint density at radius 1 is 1.08 bits per heavy atom. The van der Waals surface area contributed by atoms with Gasteiger partial charge in [0.15, 0.2) is 27.3 Å². The summed E-state index contributed by atoms with van der Waals surface area (Å²) < 4.78 is 67.6. The van der Waals surface area contributed by atoms with Crippen LogP contribution >= 0.6 is 11.6 Å². The number of hydrogen-bond donors (Lipinski definition) is 3. The SMILES string of the molecule is CC(=O)NCC1(O)CC2CC[C@@H](C1)C2S(=O)(=O)c1cc(C(=O)Nc2cc(F)c(F)c(F)c2)ccc1Cl. The Kier molecular flexibility index (Phi) is 7.11. The number of aliphatic hydroxyl groups is 1. The maximum Gasteiger partial charge on any atom is 0.255 e. The van der Waals surface area contributed by atoms with E-state index in [1.807, 2.05) is 0 Å². The highest BCUT2D eigenvalue weighted by molar-refractivity contribution is 7.92. The Bertz CT molecular complexity index is 1300. The van der Waals surface area contributed by atoms with Gasteiger partial charge in [-0.2, -0.15) is 0 Å². The number of rotatable bonds is 6. The molecule has 2 aliphatic carbocycles. The maximum atomic E-state index is 13.7. The van der Waals surface area contributed by atoms with Crippen LogP contribution in [0.4, 0.5) is 18.9 Å². The van der Waals surface area contributed by atoms with E-state index in [2.05, 4.69) is 10.6 Å². The second-order valence-electron chi connectivity index (χ2n) is 9.50. The molecule has 0 saturated heterocycles. The number of fused-ring (bicyclic) bond motifs is 2. The molecule has 4 atom stereocenters. The van der Waals surface area contributed by atoms with Crippen molar-refractivity contribution in [3.8, 4) is 0 Å². The first kappa shape index (κ1) is 26.4. The van der Waals surface area contributed by atoms with Crippen molar-refractivity contribution in [3.05, 3.63) is 58.4 Å². The first-order valence-corrected chi connectivity index (χ1v) is 13.2. The molecular weight excluding hydrogens is 521 g/mol. The third-order valence-corrected chi connectivity index (χ3v) is 9.77. The van der Waals surface area contributed by atoms with Crippen LogP contribution in [0.25, 0.3) is 0 Å². The standard InChI is InChI=1S/C24H24ClF3N2O5S/c1-12(31)29-11-24(33)9-14-2-3-15(10-24)22(14)36(34,35)20-6-13(4-5-17(20)25)23(32)30-16-7-18(26)21(28)19(27)8-16/h4-8,14-15,22,33H,2-3,9-11H2,1H3,(H,29,31)(H,30,32)/t14-,15?,22?,24?/m0/s1. The van der Waals surface area contributed by atoms with Gasteiger partial charge in [-0.15, -0.1) is 0 Å². The van der Waals surface area contributed by atoms with Crippen LogP contribution in [0.5, 0.6) is 0 Å². The number of amides is 2. The third-order valence-electron chi connectivity index (χ3n) is 6.89. The molecule has 2 aromatic carbocycles. The fraction of sp³-hybridized carbons (Fsp3) is 0.417. The van der Waals surface area contributed by atoms with Gasteiger partial charge >= 0.3 is 0 Å². The number of nitrogens with one attached hydrogen (secondary N) is 2. The zero-order valence-corrected chi connectivity index (χ0v) is 20.7. The first-order valence-electron chi connectivity index (χ1n) is 11.3. The summed E-state index contributed by atoms with van der Waals surface area (Å²) >= 11 is 6.23. The zero-order chi connectivity index (χ0) is 26.4. The molecule has 3 N–H and O–H groups in total. The van der Waals surface area contributed by atoms with Gasteiger partial charge in [0.25, 0.3) is 5.91 Å². The van der Waals surface area contributed by atoms with Crippen LogP contribution in [-0.4, -0.2) is 42.7 Å². The van der Waals surface area contributed by atoms with E-state index in [-0.39, 0.29) is 58.3 Å². The smallest absolute Gasteiger partial charge is 0.255 e. The van der Waals surface area contributed by atoms with Crippen LogP contribution in [0.1, 0.15) is 43.0 Å². The van der Waals surface area contributed by atoms with E-state index in [0.29, 0.717) is 25.0 Å². The summed E-state index contributed by atoms with van der Waals surface area (Å²) in [5, 5.41) is 14.9. The van der Waals surface area contributed by atoms with Gasteiger partial charge in [-0.25, -0.2) is 21.6 Å². The van der Waals surface area contributed by atoms with Crippen LogP contribution in [0.2, 0.25) is 5.02 Å². The molecule has 2 fully saturated rings. The number of benzene rings is 2. The molecule has 2 bridgehead atoms. The second kappa shape index (κ2) is 9.68. The fourth-order valence-corrected chi connectivity index (χ4v) is 8.26. The van der Waals surface area contributed by atoms with Crippen LogP contribution in [0.15, 0.2) is 35.2 Å². The summed E-state index contributed by atoms with van der Waals surface area (Å²) in [5.41, 5.74) is -1.69. The Balaban J connectivity index is 1.59. The molecule has 7 nitrogen and oxygen atoms in total. The van der Waals surface area contributed by atoms with Crippen LogP contribution in [0, 0.1) is 29.3 Å². The van der Waals surface area contributed by atoms with Gasteiger partial charge in [0.1, 0.15) is 0 Å². The lowest BCUT2D eigenvalue weighted by Gasteiger charge is -2.41. The average molecular weight is 545 g/mol. The summed E-state index contributed by atoms with van der Waals surface area (Å²) in [6.45, 7) is 1.37. The molecule has 194 valence electrons. The number of sulfone groups is 1. The van der Waals surface area contributed by atoms with Crippen molar-refractivity contribution < 1.29 is 36.3 Å². The molecule has 2 aromatic rings. The topological polar surface area (TPSA) is 113 Å². The molecule has 0 aromatic heterocycles. The highest BCUT2D eigenvalue weighted by atomic mass is 35.5. The van der Waals surface area contributed by atoms with E-state index in [1.54, 1.807) is 0 Å². The lowest BCUT2D eigenvalue weighted by atomic mass is 9.77. The third kappa shape index (κ3) is 5.09. The average Bonchev–Trinajstić information content (AvgIpc) is 3.09. The Labute approximate surface area is 210 Å². The van der Waals surface area contributed by atoms with Crippen molar-refractivity contribution in [2.45, 2.75) is 48.4 Å². The number of carbonyl (C=O) groups excluding carboxylic acids is 2. The molecule has 36 heavy (non-hydrogen) atoms. The predicted octanol–water partition coefficient (Wildman–Crippen LogP) is 3.84. The number of carbonyl (C=O) groups is 2. The second-order valence-corrected chi connectivity index (χ2v) is 12.0. The highest BCUT2D eigenvalue weighted by Gasteiger charge is 2.54. The lowest BCUT2D eigenvalue weighted by molar-refractivity contribution is -0.121. The van der Waals surface area contributed by atoms with Gasteiger partial charge in [-0.1, -0.05) is 11.6 Å². The summed E-state index contributed by atoms with van der Waals surface area (Å²) in [6, 6.07) is 4.81. The highest BCUT2D eigenvalue weighted by Crippen LogP contribution is 2.51. The van der Waals surface area contributed by atoms with Crippen molar-refractivity contribution in [2.75, 3.05) is 11.9 Å². The van der Waals surface area contributed by atoms with E-state index >= 15 is 0 Å². The molecule has 0 aliphatic heterocycles. The van der Waals surface area contributed by atoms with Crippen LogP contribution in [0.3, 0.4) is 0 Å². The van der Waals surface area contributed by atoms with Gasteiger partial charge < -0.3 is 15.7 Å². The number of halogens is 4. The molecule has 2 saturated carbocycles. The summed E-state index contributed by atoms with van der Waals surface area (Å²) in [6.07, 6.45) is 1.53.